The molecule has 1 amide bonds. The summed E-state index contributed by atoms with van der Waals surface area (Å²) in [5.74, 6) is -1.19. The number of carbonyl (C=O) groups is 2. The highest BCUT2D eigenvalue weighted by Gasteiger charge is 2.32. The van der Waals surface area contributed by atoms with Crippen LogP contribution in [0.2, 0.25) is 0 Å². The average molecular weight is 375 g/mol. The fourth-order valence-corrected chi connectivity index (χ4v) is 2.64. The van der Waals surface area contributed by atoms with Gasteiger partial charge in [0.1, 0.15) is 0 Å². The summed E-state index contributed by atoms with van der Waals surface area (Å²) in [6.07, 6.45) is 0.223. The summed E-state index contributed by atoms with van der Waals surface area (Å²) in [7, 11) is 0. The van der Waals surface area contributed by atoms with Crippen LogP contribution >= 0.6 is 22.6 Å². The van der Waals surface area contributed by atoms with E-state index in [2.05, 4.69) is 22.6 Å². The number of morpholine rings is 1. The van der Waals surface area contributed by atoms with Gasteiger partial charge in [0.25, 0.3) is 0 Å². The Balaban J connectivity index is 2.07. The summed E-state index contributed by atoms with van der Waals surface area (Å²) in [4.78, 5) is 24.7. The fourth-order valence-electron chi connectivity index (χ4n) is 2.03. The number of nitrogens with zero attached hydrogens (tertiary/aromatic N) is 1. The fraction of sp³-hybridized carbons (Fsp3) is 0.385. The minimum absolute atomic E-state index is 0.0629. The minimum atomic E-state index is -1.02. The number of hydrogen-bond donors (Lipinski definition) is 1. The number of ether oxygens (including phenoxy) is 1. The Hall–Kier alpha value is -1.15. The topological polar surface area (TPSA) is 66.8 Å². The highest BCUT2D eigenvalue weighted by atomic mass is 127. The molecule has 19 heavy (non-hydrogen) atoms. The summed E-state index contributed by atoms with van der Waals surface area (Å²) in [5.41, 5.74) is 0.896. The quantitative estimate of drug-likeness (QED) is 0.805. The first-order chi connectivity index (χ1) is 9.08. The molecule has 1 aliphatic heterocycles. The molecule has 1 fully saturated rings. The first-order valence-electron chi connectivity index (χ1n) is 5.92. The standard InChI is InChI=1S/C13H14INO4/c14-10-3-1-2-9(6-10)7-12(16)15-4-5-19-8-11(15)13(17)18/h1-3,6,11H,4-5,7-8H2,(H,17,18). The molecule has 1 heterocycles. The van der Waals surface area contributed by atoms with E-state index in [9.17, 15) is 9.59 Å². The Morgan fingerprint density at radius 2 is 2.26 bits per heavy atom. The lowest BCUT2D eigenvalue weighted by Gasteiger charge is -2.32. The number of amides is 1. The van der Waals surface area contributed by atoms with E-state index in [1.807, 2.05) is 24.3 Å². The van der Waals surface area contributed by atoms with E-state index < -0.39 is 12.0 Å². The normalized spacial score (nSPS) is 19.2. The lowest BCUT2D eigenvalue weighted by Crippen LogP contribution is -2.53. The van der Waals surface area contributed by atoms with Gasteiger partial charge in [-0.2, -0.15) is 0 Å². The molecule has 1 atom stereocenters. The highest BCUT2D eigenvalue weighted by molar-refractivity contribution is 14.1. The molecule has 1 aromatic rings. The van der Waals surface area contributed by atoms with Crippen molar-refractivity contribution in [1.29, 1.82) is 0 Å². The Kier molecular flexibility index (Phi) is 4.76. The largest absolute Gasteiger partial charge is 0.480 e. The maximum atomic E-state index is 12.2. The van der Waals surface area contributed by atoms with Crippen LogP contribution in [0.3, 0.4) is 0 Å². The van der Waals surface area contributed by atoms with Gasteiger partial charge < -0.3 is 14.7 Å². The van der Waals surface area contributed by atoms with E-state index in [-0.39, 0.29) is 18.9 Å². The Morgan fingerprint density at radius 3 is 2.95 bits per heavy atom. The number of rotatable bonds is 3. The Labute approximate surface area is 124 Å². The van der Waals surface area contributed by atoms with Gasteiger partial charge in [-0.25, -0.2) is 4.79 Å². The lowest BCUT2D eigenvalue weighted by atomic mass is 10.1. The number of benzene rings is 1. The van der Waals surface area contributed by atoms with Gasteiger partial charge in [-0.05, 0) is 40.3 Å². The molecule has 1 saturated heterocycles. The van der Waals surface area contributed by atoms with Gasteiger partial charge in [0.2, 0.25) is 5.91 Å². The molecule has 102 valence electrons. The highest BCUT2D eigenvalue weighted by Crippen LogP contribution is 2.13. The molecule has 1 aromatic carbocycles. The lowest BCUT2D eigenvalue weighted by molar-refractivity contribution is -0.158. The number of halogens is 1. The number of carboxylic acids is 1. The van der Waals surface area contributed by atoms with Crippen molar-refractivity contribution in [3.63, 3.8) is 0 Å². The van der Waals surface area contributed by atoms with Gasteiger partial charge in [0.05, 0.1) is 19.6 Å². The van der Waals surface area contributed by atoms with E-state index >= 15 is 0 Å². The van der Waals surface area contributed by atoms with Gasteiger partial charge in [-0.15, -0.1) is 0 Å². The second-order valence-electron chi connectivity index (χ2n) is 4.32. The predicted molar refractivity (Wildman–Crippen MR) is 76.8 cm³/mol. The smallest absolute Gasteiger partial charge is 0.328 e. The van der Waals surface area contributed by atoms with Crippen LogP contribution in [0.1, 0.15) is 5.56 Å². The van der Waals surface area contributed by atoms with E-state index in [0.717, 1.165) is 9.13 Å². The van der Waals surface area contributed by atoms with E-state index in [0.29, 0.717) is 13.2 Å². The molecule has 2 rings (SSSR count). The molecule has 0 radical (unpaired) electrons. The van der Waals surface area contributed by atoms with Gasteiger partial charge >= 0.3 is 5.97 Å². The third-order valence-electron chi connectivity index (χ3n) is 2.98. The van der Waals surface area contributed by atoms with E-state index in [1.54, 1.807) is 0 Å². The molecule has 0 aliphatic carbocycles. The van der Waals surface area contributed by atoms with Crippen molar-refractivity contribution < 1.29 is 19.4 Å². The summed E-state index contributed by atoms with van der Waals surface area (Å²) in [5, 5.41) is 9.09. The van der Waals surface area contributed by atoms with Crippen molar-refractivity contribution in [2.24, 2.45) is 0 Å². The minimum Gasteiger partial charge on any atom is -0.480 e. The summed E-state index contributed by atoms with van der Waals surface area (Å²) >= 11 is 2.18. The van der Waals surface area contributed by atoms with E-state index in [1.165, 1.54) is 4.90 Å². The van der Waals surface area contributed by atoms with Crippen LogP contribution in [-0.2, 0) is 20.7 Å². The van der Waals surface area contributed by atoms with Crippen molar-refractivity contribution >= 4 is 34.5 Å². The summed E-state index contributed by atoms with van der Waals surface area (Å²) < 4.78 is 6.17. The first-order valence-corrected chi connectivity index (χ1v) is 7.00. The van der Waals surface area contributed by atoms with Crippen LogP contribution in [0.4, 0.5) is 0 Å². The van der Waals surface area contributed by atoms with Crippen LogP contribution in [0.15, 0.2) is 24.3 Å². The first kappa shape index (κ1) is 14.3. The Morgan fingerprint density at radius 1 is 1.47 bits per heavy atom. The zero-order chi connectivity index (χ0) is 13.8. The maximum absolute atomic E-state index is 12.2. The van der Waals surface area contributed by atoms with E-state index in [4.69, 9.17) is 9.84 Å². The monoisotopic (exact) mass is 375 g/mol. The third-order valence-corrected chi connectivity index (χ3v) is 3.65. The second kappa shape index (κ2) is 6.33. The number of carboxylic acid groups (broad SMARTS) is 1. The molecule has 1 aliphatic rings. The molecule has 5 nitrogen and oxygen atoms in total. The molecule has 1 N–H and O–H groups in total. The summed E-state index contributed by atoms with van der Waals surface area (Å²) in [6.45, 7) is 0.787. The van der Waals surface area contributed by atoms with Gasteiger partial charge in [-0.1, -0.05) is 12.1 Å². The summed E-state index contributed by atoms with van der Waals surface area (Å²) in [6, 6.07) is 6.76. The van der Waals surface area contributed by atoms with Crippen molar-refractivity contribution in [3.8, 4) is 0 Å². The van der Waals surface area contributed by atoms with Crippen molar-refractivity contribution in [3.05, 3.63) is 33.4 Å². The molecule has 0 aromatic heterocycles. The van der Waals surface area contributed by atoms with Gasteiger partial charge in [0, 0.05) is 10.1 Å². The van der Waals surface area contributed by atoms with Crippen LogP contribution in [0.5, 0.6) is 0 Å². The van der Waals surface area contributed by atoms with Crippen molar-refractivity contribution in [1.82, 2.24) is 4.90 Å². The van der Waals surface area contributed by atoms with Crippen LogP contribution in [0, 0.1) is 3.57 Å². The van der Waals surface area contributed by atoms with Crippen LogP contribution in [-0.4, -0.2) is 47.7 Å². The molecule has 0 saturated carbocycles. The molecule has 1 unspecified atom stereocenters. The van der Waals surface area contributed by atoms with Gasteiger partial charge in [0.15, 0.2) is 6.04 Å². The third kappa shape index (κ3) is 3.66. The maximum Gasteiger partial charge on any atom is 0.328 e. The van der Waals surface area contributed by atoms with Gasteiger partial charge in [-0.3, -0.25) is 4.79 Å². The molecule has 0 bridgehead atoms. The molecular formula is C13H14INO4. The van der Waals surface area contributed by atoms with Crippen LogP contribution in [0.25, 0.3) is 0 Å². The number of aliphatic carboxylic acids is 1. The molecule has 0 spiro atoms. The SMILES string of the molecule is O=C(O)C1COCCN1C(=O)Cc1cccc(I)c1. The Bertz CT molecular complexity index is 491. The second-order valence-corrected chi connectivity index (χ2v) is 5.57. The van der Waals surface area contributed by atoms with Crippen LogP contribution < -0.4 is 0 Å². The van der Waals surface area contributed by atoms with Crippen molar-refractivity contribution in [2.45, 2.75) is 12.5 Å². The molecule has 6 heteroatoms. The number of carbonyl (C=O) groups excluding carboxylic acids is 1. The molecular weight excluding hydrogens is 361 g/mol. The predicted octanol–water partition coefficient (Wildman–Crippen LogP) is 1.15. The average Bonchev–Trinajstić information content (AvgIpc) is 2.38. The zero-order valence-electron chi connectivity index (χ0n) is 10.2. The van der Waals surface area contributed by atoms with Crippen molar-refractivity contribution in [2.75, 3.05) is 19.8 Å². The number of hydrogen-bond acceptors (Lipinski definition) is 3. The zero-order valence-corrected chi connectivity index (χ0v) is 12.4.